The van der Waals surface area contributed by atoms with Crippen LogP contribution in [0.25, 0.3) is 6.08 Å². The highest BCUT2D eigenvalue weighted by Crippen LogP contribution is 2.52. The molecule has 0 aromatic heterocycles. The minimum atomic E-state index is 0.298. The lowest BCUT2D eigenvalue weighted by Gasteiger charge is -2.31. The van der Waals surface area contributed by atoms with Crippen molar-refractivity contribution in [3.05, 3.63) is 41.0 Å². The summed E-state index contributed by atoms with van der Waals surface area (Å²) in [4.78, 5) is 0. The lowest BCUT2D eigenvalue weighted by molar-refractivity contribution is 0.397. The highest BCUT2D eigenvalue weighted by atomic mass is 14.4. The highest BCUT2D eigenvalue weighted by molar-refractivity contribution is 5.68. The highest BCUT2D eigenvalue weighted by Gasteiger charge is 2.37. The van der Waals surface area contributed by atoms with Crippen molar-refractivity contribution in [1.29, 1.82) is 0 Å². The van der Waals surface area contributed by atoms with Crippen molar-refractivity contribution in [1.82, 2.24) is 0 Å². The lowest BCUT2D eigenvalue weighted by atomic mass is 9.73. The quantitative estimate of drug-likeness (QED) is 0.616. The fourth-order valence-corrected chi connectivity index (χ4v) is 3.83. The van der Waals surface area contributed by atoms with E-state index in [1.165, 1.54) is 31.2 Å². The lowest BCUT2D eigenvalue weighted by Crippen LogP contribution is -2.19. The van der Waals surface area contributed by atoms with Crippen molar-refractivity contribution in [2.75, 3.05) is 0 Å². The van der Waals surface area contributed by atoms with Crippen LogP contribution in [-0.4, -0.2) is 0 Å². The molecule has 0 heterocycles. The standard InChI is InChI=1S/C18H24/c1-18(2,3)16-12-14-10-6-7-11-15(14)17(16)13-8-4-5-9-13/h6-7,10-13,17H,4-5,8-9H2,1-3H3. The second-order valence-corrected chi connectivity index (χ2v) is 7.00. The van der Waals surface area contributed by atoms with Gasteiger partial charge in [-0.3, -0.25) is 0 Å². The van der Waals surface area contributed by atoms with Crippen molar-refractivity contribution in [2.45, 2.75) is 52.4 Å². The smallest absolute Gasteiger partial charge is 0.00909 e. The summed E-state index contributed by atoms with van der Waals surface area (Å²) in [6.45, 7) is 7.10. The van der Waals surface area contributed by atoms with Crippen LogP contribution in [0, 0.1) is 11.3 Å². The number of fused-ring (bicyclic) bond motifs is 1. The van der Waals surface area contributed by atoms with E-state index in [0.717, 1.165) is 5.92 Å². The maximum absolute atomic E-state index is 2.47. The Morgan fingerprint density at radius 3 is 2.33 bits per heavy atom. The zero-order valence-electron chi connectivity index (χ0n) is 11.9. The van der Waals surface area contributed by atoms with Gasteiger partial charge in [0.2, 0.25) is 0 Å². The largest absolute Gasteiger partial charge is 0.0619 e. The molecule has 0 N–H and O–H groups in total. The molecule has 96 valence electrons. The molecule has 0 amide bonds. The van der Waals surface area contributed by atoms with Gasteiger partial charge in [-0.15, -0.1) is 0 Å². The fourth-order valence-electron chi connectivity index (χ4n) is 3.83. The van der Waals surface area contributed by atoms with Crippen LogP contribution in [0.2, 0.25) is 0 Å². The van der Waals surface area contributed by atoms with Crippen LogP contribution in [0.1, 0.15) is 63.5 Å². The van der Waals surface area contributed by atoms with Gasteiger partial charge in [-0.05, 0) is 35.3 Å². The van der Waals surface area contributed by atoms with Crippen molar-refractivity contribution in [3.8, 4) is 0 Å². The Bertz CT molecular complexity index is 467. The molecule has 0 nitrogen and oxygen atoms in total. The maximum Gasteiger partial charge on any atom is 0.00909 e. The summed E-state index contributed by atoms with van der Waals surface area (Å²) in [5.41, 5.74) is 5.02. The Labute approximate surface area is 111 Å². The van der Waals surface area contributed by atoms with Crippen molar-refractivity contribution >= 4 is 6.08 Å². The maximum atomic E-state index is 2.47. The molecule has 0 saturated heterocycles. The second-order valence-electron chi connectivity index (χ2n) is 7.00. The van der Waals surface area contributed by atoms with Crippen LogP contribution in [0.5, 0.6) is 0 Å². The fraction of sp³-hybridized carbons (Fsp3) is 0.556. The number of hydrogen-bond acceptors (Lipinski definition) is 0. The van der Waals surface area contributed by atoms with Crippen LogP contribution >= 0.6 is 0 Å². The third-order valence-corrected chi connectivity index (χ3v) is 4.71. The Balaban J connectivity index is 2.04. The molecule has 1 fully saturated rings. The number of allylic oxidation sites excluding steroid dienone is 1. The minimum Gasteiger partial charge on any atom is -0.0619 e. The summed E-state index contributed by atoms with van der Waals surface area (Å²) >= 11 is 0. The zero-order chi connectivity index (χ0) is 12.8. The molecule has 18 heavy (non-hydrogen) atoms. The summed E-state index contributed by atoms with van der Waals surface area (Å²) in [5, 5.41) is 0. The first-order valence-corrected chi connectivity index (χ1v) is 7.38. The predicted octanol–water partition coefficient (Wildman–Crippen LogP) is 5.40. The monoisotopic (exact) mass is 240 g/mol. The SMILES string of the molecule is CC(C)(C)C1=Cc2ccccc2C1C1CCCC1. The van der Waals surface area contributed by atoms with E-state index in [0.29, 0.717) is 11.3 Å². The molecule has 0 heteroatoms. The summed E-state index contributed by atoms with van der Waals surface area (Å²) in [6.07, 6.45) is 8.18. The van der Waals surface area contributed by atoms with Crippen molar-refractivity contribution < 1.29 is 0 Å². The second kappa shape index (κ2) is 4.26. The summed E-state index contributed by atoms with van der Waals surface area (Å²) in [5.74, 6) is 1.59. The van der Waals surface area contributed by atoms with Crippen molar-refractivity contribution in [2.24, 2.45) is 11.3 Å². The van der Waals surface area contributed by atoms with Gasteiger partial charge in [0.05, 0.1) is 0 Å². The van der Waals surface area contributed by atoms with Gasteiger partial charge in [0.15, 0.2) is 0 Å². The Morgan fingerprint density at radius 1 is 1.00 bits per heavy atom. The van der Waals surface area contributed by atoms with Gasteiger partial charge in [0, 0.05) is 5.92 Å². The van der Waals surface area contributed by atoms with Gasteiger partial charge in [-0.2, -0.15) is 0 Å². The Morgan fingerprint density at radius 2 is 1.67 bits per heavy atom. The molecular weight excluding hydrogens is 216 g/mol. The molecule has 0 radical (unpaired) electrons. The average Bonchev–Trinajstić information content (AvgIpc) is 2.94. The topological polar surface area (TPSA) is 0 Å². The molecule has 0 bridgehead atoms. The van der Waals surface area contributed by atoms with Gasteiger partial charge in [0.1, 0.15) is 0 Å². The van der Waals surface area contributed by atoms with E-state index >= 15 is 0 Å². The van der Waals surface area contributed by atoms with Gasteiger partial charge in [0.25, 0.3) is 0 Å². The molecule has 1 atom stereocenters. The van der Waals surface area contributed by atoms with E-state index in [9.17, 15) is 0 Å². The van der Waals surface area contributed by atoms with Gasteiger partial charge >= 0.3 is 0 Å². The van der Waals surface area contributed by atoms with E-state index in [2.05, 4.69) is 51.1 Å². The Kier molecular flexibility index (Phi) is 2.84. The van der Waals surface area contributed by atoms with E-state index in [-0.39, 0.29) is 0 Å². The number of benzene rings is 1. The summed E-state index contributed by atoms with van der Waals surface area (Å²) in [7, 11) is 0. The van der Waals surface area contributed by atoms with Gasteiger partial charge in [-0.25, -0.2) is 0 Å². The summed E-state index contributed by atoms with van der Waals surface area (Å²) < 4.78 is 0. The third kappa shape index (κ3) is 1.92. The zero-order valence-corrected chi connectivity index (χ0v) is 11.9. The molecule has 2 aliphatic carbocycles. The van der Waals surface area contributed by atoms with Crippen LogP contribution in [0.15, 0.2) is 29.8 Å². The molecule has 0 aliphatic heterocycles. The normalized spacial score (nSPS) is 24.2. The molecule has 3 rings (SSSR count). The first-order chi connectivity index (χ1) is 8.57. The number of rotatable bonds is 1. The van der Waals surface area contributed by atoms with Crippen LogP contribution < -0.4 is 0 Å². The number of hydrogen-bond donors (Lipinski definition) is 0. The van der Waals surface area contributed by atoms with Crippen molar-refractivity contribution in [3.63, 3.8) is 0 Å². The average molecular weight is 240 g/mol. The van der Waals surface area contributed by atoms with Gasteiger partial charge < -0.3 is 0 Å². The van der Waals surface area contributed by atoms with E-state index < -0.39 is 0 Å². The minimum absolute atomic E-state index is 0.298. The van der Waals surface area contributed by atoms with E-state index in [1.54, 1.807) is 11.1 Å². The molecule has 1 aromatic rings. The molecule has 0 spiro atoms. The predicted molar refractivity (Wildman–Crippen MR) is 78.6 cm³/mol. The van der Waals surface area contributed by atoms with Crippen LogP contribution in [0.3, 0.4) is 0 Å². The van der Waals surface area contributed by atoms with E-state index in [1.807, 2.05) is 0 Å². The summed E-state index contributed by atoms with van der Waals surface area (Å²) in [6, 6.07) is 9.02. The van der Waals surface area contributed by atoms with E-state index in [4.69, 9.17) is 0 Å². The third-order valence-electron chi connectivity index (χ3n) is 4.71. The first kappa shape index (κ1) is 12.0. The molecular formula is C18H24. The van der Waals surface area contributed by atoms with Crippen LogP contribution in [-0.2, 0) is 0 Å². The molecule has 1 unspecified atom stereocenters. The van der Waals surface area contributed by atoms with Gasteiger partial charge in [-0.1, -0.05) is 69.5 Å². The molecule has 1 aromatic carbocycles. The molecule has 2 aliphatic rings. The van der Waals surface area contributed by atoms with Crippen LogP contribution in [0.4, 0.5) is 0 Å². The first-order valence-electron chi connectivity index (χ1n) is 7.38. The Hall–Kier alpha value is -1.04. The molecule has 1 saturated carbocycles.